The average Bonchev–Trinajstić information content (AvgIpc) is 2.61. The van der Waals surface area contributed by atoms with Crippen molar-refractivity contribution >= 4 is 5.82 Å². The van der Waals surface area contributed by atoms with Crippen LogP contribution in [-0.2, 0) is 6.54 Å². The molecule has 0 saturated heterocycles. The highest BCUT2D eigenvalue weighted by atomic mass is 16.5. The second-order valence-electron chi connectivity index (χ2n) is 6.29. The van der Waals surface area contributed by atoms with E-state index in [0.29, 0.717) is 5.88 Å². The quantitative estimate of drug-likeness (QED) is 0.620. The van der Waals surface area contributed by atoms with Crippen molar-refractivity contribution in [1.29, 1.82) is 0 Å². The van der Waals surface area contributed by atoms with E-state index in [1.165, 1.54) is 5.56 Å². The van der Waals surface area contributed by atoms with E-state index in [2.05, 4.69) is 39.8 Å². The van der Waals surface area contributed by atoms with Gasteiger partial charge in [0, 0.05) is 45.6 Å². The van der Waals surface area contributed by atoms with Crippen molar-refractivity contribution in [3.8, 4) is 5.88 Å². The van der Waals surface area contributed by atoms with Crippen LogP contribution in [0.15, 0.2) is 49.3 Å². The smallest absolute Gasteiger partial charge is 0.233 e. The molecule has 0 aliphatic heterocycles. The van der Waals surface area contributed by atoms with Crippen LogP contribution in [-0.4, -0.2) is 53.9 Å². The number of nitrogens with zero attached hydrogens (tertiary/aromatic N) is 5. The summed E-state index contributed by atoms with van der Waals surface area (Å²) in [5.74, 6) is 1.36. The fourth-order valence-corrected chi connectivity index (χ4v) is 2.49. The van der Waals surface area contributed by atoms with Gasteiger partial charge in [0.2, 0.25) is 5.88 Å². The molecule has 0 aromatic carbocycles. The number of rotatable bonds is 10. The maximum absolute atomic E-state index is 6.06. The van der Waals surface area contributed by atoms with Crippen molar-refractivity contribution in [1.82, 2.24) is 20.1 Å². The van der Waals surface area contributed by atoms with Gasteiger partial charge in [0.1, 0.15) is 6.10 Å². The van der Waals surface area contributed by atoms with Gasteiger partial charge in [0.15, 0.2) is 5.82 Å². The van der Waals surface area contributed by atoms with E-state index in [0.717, 1.165) is 31.7 Å². The van der Waals surface area contributed by atoms with Crippen LogP contribution < -0.4 is 9.64 Å². The van der Waals surface area contributed by atoms with E-state index in [1.807, 2.05) is 49.5 Å². The van der Waals surface area contributed by atoms with Gasteiger partial charge < -0.3 is 9.64 Å². The van der Waals surface area contributed by atoms with Gasteiger partial charge in [-0.05, 0) is 37.6 Å². The van der Waals surface area contributed by atoms with E-state index in [1.54, 1.807) is 6.20 Å². The molecule has 6 nitrogen and oxygen atoms in total. The molecule has 25 heavy (non-hydrogen) atoms. The summed E-state index contributed by atoms with van der Waals surface area (Å²) in [5.41, 5.74) is 1.18. The Kier molecular flexibility index (Phi) is 7.35. The summed E-state index contributed by atoms with van der Waals surface area (Å²) in [5, 5.41) is 8.34. The molecule has 0 bridgehead atoms. The van der Waals surface area contributed by atoms with Crippen LogP contribution in [0, 0.1) is 0 Å². The number of hydrogen-bond acceptors (Lipinski definition) is 6. The lowest BCUT2D eigenvalue weighted by Crippen LogP contribution is -2.33. The zero-order valence-electron chi connectivity index (χ0n) is 15.3. The fourth-order valence-electron chi connectivity index (χ4n) is 2.49. The second-order valence-corrected chi connectivity index (χ2v) is 6.29. The summed E-state index contributed by atoms with van der Waals surface area (Å²) in [6.07, 6.45) is 7.40. The van der Waals surface area contributed by atoms with Crippen molar-refractivity contribution in [2.75, 3.05) is 32.6 Å². The molecule has 0 aliphatic rings. The van der Waals surface area contributed by atoms with Crippen LogP contribution in [0.3, 0.4) is 0 Å². The topological polar surface area (TPSA) is 54.4 Å². The largest absolute Gasteiger partial charge is 0.472 e. The minimum absolute atomic E-state index is 0.0270. The minimum atomic E-state index is 0.0270. The molecule has 2 rings (SSSR count). The monoisotopic (exact) mass is 341 g/mol. The van der Waals surface area contributed by atoms with Gasteiger partial charge >= 0.3 is 0 Å². The van der Waals surface area contributed by atoms with E-state index < -0.39 is 0 Å². The molecule has 0 radical (unpaired) electrons. The third-order valence-electron chi connectivity index (χ3n) is 3.75. The molecule has 1 atom stereocenters. The Bertz CT molecular complexity index is 630. The van der Waals surface area contributed by atoms with Gasteiger partial charge in [0.25, 0.3) is 0 Å². The van der Waals surface area contributed by atoms with Gasteiger partial charge in [0.05, 0.1) is 0 Å². The Morgan fingerprint density at radius 2 is 2.04 bits per heavy atom. The first-order valence-corrected chi connectivity index (χ1v) is 8.44. The van der Waals surface area contributed by atoms with Gasteiger partial charge in [-0.2, -0.15) is 0 Å². The van der Waals surface area contributed by atoms with Crippen molar-refractivity contribution in [3.63, 3.8) is 0 Å². The van der Waals surface area contributed by atoms with Crippen LogP contribution in [0.5, 0.6) is 5.88 Å². The molecule has 0 unspecified atom stereocenters. The van der Waals surface area contributed by atoms with Crippen LogP contribution in [0.1, 0.15) is 18.4 Å². The Labute approximate surface area is 150 Å². The number of ether oxygens (including phenoxy) is 1. The Morgan fingerprint density at radius 1 is 1.20 bits per heavy atom. The predicted molar refractivity (Wildman–Crippen MR) is 101 cm³/mol. The second kappa shape index (κ2) is 9.74. The molecule has 2 aromatic rings. The zero-order valence-corrected chi connectivity index (χ0v) is 15.3. The SMILES string of the molecule is C=CCC[C@@H](CN(C)Cc1cccnc1)Oc1ccc(N(C)C)nn1. The number of aromatic nitrogens is 3. The molecule has 2 aromatic heterocycles. The zero-order chi connectivity index (χ0) is 18.1. The molecule has 0 spiro atoms. The highest BCUT2D eigenvalue weighted by molar-refractivity contribution is 5.35. The molecule has 134 valence electrons. The Morgan fingerprint density at radius 3 is 2.64 bits per heavy atom. The number of hydrogen-bond donors (Lipinski definition) is 0. The maximum Gasteiger partial charge on any atom is 0.233 e. The standard InChI is InChI=1S/C19H27N5O/c1-5-6-9-17(15-24(4)14-16-8-7-12-20-13-16)25-19-11-10-18(21-22-19)23(2)3/h5,7-8,10-13,17H,1,6,9,14-15H2,2-4H3/t17-/m0/s1. The molecular weight excluding hydrogens is 314 g/mol. The molecule has 2 heterocycles. The number of pyridine rings is 1. The van der Waals surface area contributed by atoms with Crippen molar-refractivity contribution in [2.45, 2.75) is 25.5 Å². The molecule has 0 aliphatic carbocycles. The van der Waals surface area contributed by atoms with Crippen LogP contribution in [0.25, 0.3) is 0 Å². The predicted octanol–water partition coefficient (Wildman–Crippen LogP) is 2.78. The first-order valence-electron chi connectivity index (χ1n) is 8.44. The molecule has 6 heteroatoms. The number of anilines is 1. The summed E-state index contributed by atoms with van der Waals surface area (Å²) < 4.78 is 6.06. The van der Waals surface area contributed by atoms with Crippen LogP contribution in [0.2, 0.25) is 0 Å². The van der Waals surface area contributed by atoms with E-state index >= 15 is 0 Å². The van der Waals surface area contributed by atoms with Gasteiger partial charge in [-0.25, -0.2) is 0 Å². The highest BCUT2D eigenvalue weighted by Crippen LogP contribution is 2.15. The lowest BCUT2D eigenvalue weighted by molar-refractivity contribution is 0.131. The lowest BCUT2D eigenvalue weighted by Gasteiger charge is -2.24. The third kappa shape index (κ3) is 6.51. The van der Waals surface area contributed by atoms with Crippen LogP contribution in [0.4, 0.5) is 5.82 Å². The Hall–Kier alpha value is -2.47. The molecular formula is C19H27N5O. The summed E-state index contributed by atoms with van der Waals surface area (Å²) >= 11 is 0. The number of allylic oxidation sites excluding steroid dienone is 1. The van der Waals surface area contributed by atoms with E-state index in [9.17, 15) is 0 Å². The maximum atomic E-state index is 6.06. The fraction of sp³-hybridized carbons (Fsp3) is 0.421. The summed E-state index contributed by atoms with van der Waals surface area (Å²) in [6.45, 7) is 5.42. The minimum Gasteiger partial charge on any atom is -0.472 e. The number of likely N-dealkylation sites (N-methyl/N-ethyl adjacent to an activating group) is 1. The summed E-state index contributed by atoms with van der Waals surface area (Å²) in [4.78, 5) is 8.30. The van der Waals surface area contributed by atoms with Gasteiger partial charge in [-0.15, -0.1) is 16.8 Å². The molecule has 0 N–H and O–H groups in total. The van der Waals surface area contributed by atoms with Crippen LogP contribution >= 0.6 is 0 Å². The summed E-state index contributed by atoms with van der Waals surface area (Å²) in [6, 6.07) is 7.81. The average molecular weight is 341 g/mol. The first kappa shape index (κ1) is 18.9. The normalized spacial score (nSPS) is 12.0. The molecule has 0 saturated carbocycles. The van der Waals surface area contributed by atoms with E-state index in [-0.39, 0.29) is 6.10 Å². The van der Waals surface area contributed by atoms with Gasteiger partial charge in [-0.3, -0.25) is 9.88 Å². The third-order valence-corrected chi connectivity index (χ3v) is 3.75. The highest BCUT2D eigenvalue weighted by Gasteiger charge is 2.14. The van der Waals surface area contributed by atoms with Crippen molar-refractivity contribution < 1.29 is 4.74 Å². The molecule has 0 amide bonds. The van der Waals surface area contributed by atoms with E-state index in [4.69, 9.17) is 4.74 Å². The Balaban J connectivity index is 1.96. The molecule has 0 fully saturated rings. The summed E-state index contributed by atoms with van der Waals surface area (Å²) in [7, 11) is 5.95. The van der Waals surface area contributed by atoms with Crippen molar-refractivity contribution in [2.24, 2.45) is 0 Å². The first-order chi connectivity index (χ1) is 12.1. The lowest BCUT2D eigenvalue weighted by atomic mass is 10.1. The van der Waals surface area contributed by atoms with Crippen molar-refractivity contribution in [3.05, 3.63) is 54.9 Å². The van der Waals surface area contributed by atoms with Gasteiger partial charge in [-0.1, -0.05) is 12.1 Å².